The third kappa shape index (κ3) is 4.71. The smallest absolute Gasteiger partial charge is 0.410 e. The number of ether oxygens (including phenoxy) is 2. The van der Waals surface area contributed by atoms with Gasteiger partial charge in [-0.25, -0.2) is 14.2 Å². The number of aromatic nitrogens is 2. The molecule has 0 fully saturated rings. The summed E-state index contributed by atoms with van der Waals surface area (Å²) in [5.41, 5.74) is 1.31. The fourth-order valence-electron chi connectivity index (χ4n) is 3.77. The Morgan fingerprint density at radius 1 is 1.31 bits per heavy atom. The zero-order valence-electron chi connectivity index (χ0n) is 17.9. The molecular weight excluding hydrogens is 373 g/mol. The van der Waals surface area contributed by atoms with E-state index in [2.05, 4.69) is 16.5 Å². The van der Waals surface area contributed by atoms with Crippen LogP contribution >= 0.6 is 0 Å². The molecule has 1 aromatic carbocycles. The van der Waals surface area contributed by atoms with Crippen LogP contribution in [0, 0.1) is 5.82 Å². The first kappa shape index (κ1) is 21.1. The number of methoxy groups -OCH3 is 1. The summed E-state index contributed by atoms with van der Waals surface area (Å²) in [6, 6.07) is 4.82. The molecule has 7 heteroatoms. The first-order chi connectivity index (χ1) is 13.7. The quantitative estimate of drug-likeness (QED) is 0.737. The van der Waals surface area contributed by atoms with Gasteiger partial charge in [-0.2, -0.15) is 0 Å². The third-order valence-corrected chi connectivity index (χ3v) is 5.12. The molecule has 1 unspecified atom stereocenters. The number of hydrogen-bond acceptors (Lipinski definition) is 4. The Bertz CT molecular complexity index is 873. The van der Waals surface area contributed by atoms with Gasteiger partial charge in [0, 0.05) is 19.5 Å². The summed E-state index contributed by atoms with van der Waals surface area (Å²) in [6.45, 7) is 8.93. The van der Waals surface area contributed by atoms with Gasteiger partial charge in [0.2, 0.25) is 0 Å². The van der Waals surface area contributed by atoms with Crippen LogP contribution in [-0.4, -0.2) is 39.8 Å². The van der Waals surface area contributed by atoms with Gasteiger partial charge in [-0.3, -0.25) is 4.90 Å². The van der Waals surface area contributed by atoms with E-state index in [1.807, 2.05) is 33.0 Å². The van der Waals surface area contributed by atoms with Crippen molar-refractivity contribution in [1.29, 1.82) is 0 Å². The summed E-state index contributed by atoms with van der Waals surface area (Å²) in [7, 11) is 1.45. The molecule has 1 aliphatic rings. The maximum Gasteiger partial charge on any atom is 0.410 e. The van der Waals surface area contributed by atoms with Crippen molar-refractivity contribution in [3.63, 3.8) is 0 Å². The van der Waals surface area contributed by atoms with E-state index in [9.17, 15) is 9.18 Å². The van der Waals surface area contributed by atoms with Crippen LogP contribution in [0.5, 0.6) is 5.75 Å². The molecule has 2 heterocycles. The summed E-state index contributed by atoms with van der Waals surface area (Å²) in [5, 5.41) is 0. The molecule has 3 rings (SSSR count). The van der Waals surface area contributed by atoms with Crippen molar-refractivity contribution in [3.8, 4) is 5.75 Å². The molecule has 0 saturated heterocycles. The number of carbonyl (C=O) groups is 1. The number of aryl methyl sites for hydroxylation is 2. The molecule has 1 aliphatic heterocycles. The Morgan fingerprint density at radius 2 is 2.07 bits per heavy atom. The fourth-order valence-corrected chi connectivity index (χ4v) is 3.77. The van der Waals surface area contributed by atoms with Gasteiger partial charge in [0.1, 0.15) is 11.4 Å². The monoisotopic (exact) mass is 403 g/mol. The highest BCUT2D eigenvalue weighted by molar-refractivity contribution is 5.69. The molecule has 158 valence electrons. The van der Waals surface area contributed by atoms with E-state index in [1.165, 1.54) is 13.2 Å². The van der Waals surface area contributed by atoms with Crippen molar-refractivity contribution < 1.29 is 18.7 Å². The second kappa shape index (κ2) is 8.43. The van der Waals surface area contributed by atoms with Crippen LogP contribution in [0.15, 0.2) is 24.4 Å². The lowest BCUT2D eigenvalue weighted by Crippen LogP contribution is -2.44. The lowest BCUT2D eigenvalue weighted by Gasteiger charge is -2.38. The van der Waals surface area contributed by atoms with Crippen LogP contribution in [0.2, 0.25) is 0 Å². The van der Waals surface area contributed by atoms with Crippen LogP contribution in [0.4, 0.5) is 9.18 Å². The number of carbonyl (C=O) groups excluding carboxylic acids is 1. The van der Waals surface area contributed by atoms with Gasteiger partial charge >= 0.3 is 6.09 Å². The Morgan fingerprint density at radius 3 is 2.69 bits per heavy atom. The van der Waals surface area contributed by atoms with Crippen molar-refractivity contribution in [1.82, 2.24) is 14.5 Å². The summed E-state index contributed by atoms with van der Waals surface area (Å²) in [6.07, 6.45) is 3.64. The number of benzene rings is 1. The number of rotatable bonds is 5. The zero-order valence-corrected chi connectivity index (χ0v) is 17.9. The number of imidazole rings is 1. The molecule has 0 radical (unpaired) electrons. The average Bonchev–Trinajstić information content (AvgIpc) is 3.08. The molecule has 0 bridgehead atoms. The van der Waals surface area contributed by atoms with Gasteiger partial charge < -0.3 is 14.0 Å². The van der Waals surface area contributed by atoms with E-state index in [0.717, 1.165) is 23.5 Å². The highest BCUT2D eigenvalue weighted by Gasteiger charge is 2.34. The molecule has 0 aliphatic carbocycles. The number of halogens is 1. The molecule has 29 heavy (non-hydrogen) atoms. The minimum absolute atomic E-state index is 0.170. The Labute approximate surface area is 171 Å². The largest absolute Gasteiger partial charge is 0.494 e. The van der Waals surface area contributed by atoms with Crippen LogP contribution in [0.3, 0.4) is 0 Å². The van der Waals surface area contributed by atoms with Crippen molar-refractivity contribution in [2.45, 2.75) is 65.1 Å². The van der Waals surface area contributed by atoms with Gasteiger partial charge in [-0.15, -0.1) is 0 Å². The van der Waals surface area contributed by atoms with Gasteiger partial charge in [0.25, 0.3) is 0 Å². The lowest BCUT2D eigenvalue weighted by atomic mass is 10.00. The Kier molecular flexibility index (Phi) is 6.15. The van der Waals surface area contributed by atoms with E-state index < -0.39 is 5.60 Å². The minimum atomic E-state index is -0.562. The summed E-state index contributed by atoms with van der Waals surface area (Å²) >= 11 is 0. The molecule has 1 atom stereocenters. The fraction of sp³-hybridized carbons (Fsp3) is 0.545. The molecule has 0 spiro atoms. The average molecular weight is 403 g/mol. The Hall–Kier alpha value is -2.57. The third-order valence-electron chi connectivity index (χ3n) is 5.12. The molecule has 0 N–H and O–H groups in total. The molecule has 0 saturated carbocycles. The van der Waals surface area contributed by atoms with Gasteiger partial charge in [0.15, 0.2) is 11.6 Å². The first-order valence-electron chi connectivity index (χ1n) is 10.1. The van der Waals surface area contributed by atoms with Gasteiger partial charge in [-0.05, 0) is 51.3 Å². The first-order valence-corrected chi connectivity index (χ1v) is 10.1. The van der Waals surface area contributed by atoms with E-state index in [0.29, 0.717) is 25.9 Å². The second-order valence-corrected chi connectivity index (χ2v) is 8.30. The predicted octanol–water partition coefficient (Wildman–Crippen LogP) is 4.52. The predicted molar refractivity (Wildman–Crippen MR) is 109 cm³/mol. The van der Waals surface area contributed by atoms with Gasteiger partial charge in [-0.1, -0.05) is 13.0 Å². The maximum atomic E-state index is 14.1. The van der Waals surface area contributed by atoms with Crippen LogP contribution in [0.25, 0.3) is 0 Å². The highest BCUT2D eigenvalue weighted by Crippen LogP contribution is 2.32. The van der Waals surface area contributed by atoms with E-state index in [4.69, 9.17) is 9.47 Å². The highest BCUT2D eigenvalue weighted by atomic mass is 19.1. The normalized spacial score (nSPS) is 16.5. The van der Waals surface area contributed by atoms with Gasteiger partial charge in [0.05, 0.1) is 25.0 Å². The summed E-state index contributed by atoms with van der Waals surface area (Å²) in [4.78, 5) is 19.2. The molecule has 6 nitrogen and oxygen atoms in total. The number of hydrogen-bond donors (Lipinski definition) is 0. The Balaban J connectivity index is 1.84. The van der Waals surface area contributed by atoms with Crippen molar-refractivity contribution in [3.05, 3.63) is 47.3 Å². The van der Waals surface area contributed by atoms with Crippen LogP contribution < -0.4 is 4.74 Å². The van der Waals surface area contributed by atoms with Crippen molar-refractivity contribution in [2.75, 3.05) is 13.7 Å². The second-order valence-electron chi connectivity index (χ2n) is 8.30. The summed E-state index contributed by atoms with van der Waals surface area (Å²) in [5.74, 6) is 0.868. The molecule has 2 aromatic rings. The lowest BCUT2D eigenvalue weighted by molar-refractivity contribution is 0.00946. The molecule has 1 amide bonds. The number of amides is 1. The maximum absolute atomic E-state index is 14.1. The SMILES string of the molecule is CCc1ncc2n1CCN(C(=O)OC(C)(C)C)C2CCc1ccc(OC)c(F)c1. The van der Waals surface area contributed by atoms with Crippen LogP contribution in [-0.2, 0) is 24.1 Å². The number of nitrogens with zero attached hydrogens (tertiary/aromatic N) is 3. The van der Waals surface area contributed by atoms with E-state index >= 15 is 0 Å². The summed E-state index contributed by atoms with van der Waals surface area (Å²) < 4.78 is 26.9. The standard InChI is InChI=1S/C22H30FN3O3/c1-6-20-24-14-18-17(9-7-15-8-10-19(28-5)16(23)13-15)26(12-11-25(18)20)21(27)29-22(2,3)4/h8,10,13-14,17H,6-7,9,11-12H2,1-5H3. The minimum Gasteiger partial charge on any atom is -0.494 e. The van der Waals surface area contributed by atoms with Crippen molar-refractivity contribution >= 4 is 6.09 Å². The topological polar surface area (TPSA) is 56.6 Å². The zero-order chi connectivity index (χ0) is 21.2. The van der Waals surface area contributed by atoms with Crippen molar-refractivity contribution in [2.24, 2.45) is 0 Å². The molecule has 1 aromatic heterocycles. The van der Waals surface area contributed by atoms with E-state index in [1.54, 1.807) is 11.0 Å². The number of fused-ring (bicyclic) bond motifs is 1. The molecular formula is C22H30FN3O3. The van der Waals surface area contributed by atoms with E-state index in [-0.39, 0.29) is 23.7 Å². The van der Waals surface area contributed by atoms with Crippen LogP contribution in [0.1, 0.15) is 57.2 Å².